The zero-order chi connectivity index (χ0) is 30.0. The Bertz CT molecular complexity index is 1720. The van der Waals surface area contributed by atoms with Gasteiger partial charge in [-0.05, 0) is 30.3 Å². The molecule has 11 nitrogen and oxygen atoms in total. The summed E-state index contributed by atoms with van der Waals surface area (Å²) in [7, 11) is 1.80. The summed E-state index contributed by atoms with van der Waals surface area (Å²) in [5.41, 5.74) is 1.21. The fraction of sp³-hybridized carbons (Fsp3) is 0.345. The number of rotatable bonds is 8. The fourth-order valence-electron chi connectivity index (χ4n) is 4.79. The van der Waals surface area contributed by atoms with Crippen molar-refractivity contribution in [3.05, 3.63) is 76.2 Å². The zero-order valence-corrected chi connectivity index (χ0v) is 24.7. The van der Waals surface area contributed by atoms with E-state index in [4.69, 9.17) is 0 Å². The average molecular weight is 593 g/mol. The van der Waals surface area contributed by atoms with Gasteiger partial charge in [-0.2, -0.15) is 4.98 Å². The second kappa shape index (κ2) is 12.3. The molecule has 0 bridgehead atoms. The van der Waals surface area contributed by atoms with Crippen LogP contribution in [-0.4, -0.2) is 80.1 Å². The Hall–Kier alpha value is -4.23. The van der Waals surface area contributed by atoms with Crippen LogP contribution in [0.15, 0.2) is 58.6 Å². The van der Waals surface area contributed by atoms with Crippen molar-refractivity contribution >= 4 is 45.1 Å². The van der Waals surface area contributed by atoms with Crippen molar-refractivity contribution < 1.29 is 13.4 Å². The number of carbonyl (C=O) groups is 1. The molecule has 0 aliphatic carbocycles. The highest BCUT2D eigenvalue weighted by Crippen LogP contribution is 2.25. The van der Waals surface area contributed by atoms with Crippen LogP contribution in [0.5, 0.6) is 0 Å². The van der Waals surface area contributed by atoms with Crippen molar-refractivity contribution in [1.29, 1.82) is 0 Å². The van der Waals surface area contributed by atoms with E-state index in [1.807, 2.05) is 18.7 Å². The number of nitrogens with zero attached hydrogens (tertiary/aromatic N) is 6. The molecule has 4 aromatic rings. The molecular formula is C29H33FN8O3S. The lowest BCUT2D eigenvalue weighted by molar-refractivity contribution is 0.0825. The molecule has 2 N–H and O–H groups in total. The molecule has 0 saturated carbocycles. The highest BCUT2D eigenvalue weighted by atomic mass is 32.2. The molecule has 1 atom stereocenters. The number of amides is 1. The van der Waals surface area contributed by atoms with Gasteiger partial charge >= 0.3 is 0 Å². The normalized spacial score (nSPS) is 14.3. The van der Waals surface area contributed by atoms with Crippen molar-refractivity contribution in [2.24, 2.45) is 0 Å². The molecule has 3 aromatic heterocycles. The molecule has 1 saturated heterocycles. The van der Waals surface area contributed by atoms with Crippen molar-refractivity contribution in [2.45, 2.75) is 30.5 Å². The quantitative estimate of drug-likeness (QED) is 0.318. The molecule has 1 aliphatic rings. The van der Waals surface area contributed by atoms with E-state index in [1.165, 1.54) is 27.8 Å². The Balaban J connectivity index is 1.56. The molecule has 1 fully saturated rings. The van der Waals surface area contributed by atoms with Crippen LogP contribution < -0.4 is 21.1 Å². The first-order valence-corrected chi connectivity index (χ1v) is 14.8. The van der Waals surface area contributed by atoms with E-state index in [9.17, 15) is 13.8 Å². The fourth-order valence-corrected chi connectivity index (χ4v) is 5.87. The van der Waals surface area contributed by atoms with Gasteiger partial charge < -0.3 is 20.4 Å². The van der Waals surface area contributed by atoms with Gasteiger partial charge in [0.25, 0.3) is 11.5 Å². The smallest absolute Gasteiger partial charge is 0.265 e. The minimum Gasteiger partial charge on any atom is -0.367 e. The van der Waals surface area contributed by atoms with Crippen LogP contribution in [0.4, 0.5) is 21.7 Å². The van der Waals surface area contributed by atoms with Gasteiger partial charge in [0.05, 0.1) is 23.0 Å². The Morgan fingerprint density at radius 1 is 1.17 bits per heavy atom. The van der Waals surface area contributed by atoms with Crippen molar-refractivity contribution in [2.75, 3.05) is 50.5 Å². The molecule has 1 unspecified atom stereocenters. The number of carbonyl (C=O) groups excluding carboxylic acids is 1. The largest absolute Gasteiger partial charge is 0.367 e. The molecule has 42 heavy (non-hydrogen) atoms. The third kappa shape index (κ3) is 6.02. The van der Waals surface area contributed by atoms with Gasteiger partial charge in [-0.1, -0.05) is 13.8 Å². The van der Waals surface area contributed by atoms with E-state index in [2.05, 4.69) is 25.6 Å². The van der Waals surface area contributed by atoms with Crippen LogP contribution in [-0.2, 0) is 17.3 Å². The molecular weight excluding hydrogens is 559 g/mol. The van der Waals surface area contributed by atoms with Crippen molar-refractivity contribution in [3.63, 3.8) is 0 Å². The first kappa shape index (κ1) is 29.3. The van der Waals surface area contributed by atoms with Gasteiger partial charge in [0.1, 0.15) is 17.0 Å². The maximum atomic E-state index is 15.0. The summed E-state index contributed by atoms with van der Waals surface area (Å²) in [4.78, 5) is 43.7. The van der Waals surface area contributed by atoms with Gasteiger partial charge in [-0.25, -0.2) is 9.37 Å². The number of hydrogen-bond acceptors (Lipinski definition) is 9. The van der Waals surface area contributed by atoms with Crippen molar-refractivity contribution in [3.8, 4) is 0 Å². The maximum absolute atomic E-state index is 15.0. The van der Waals surface area contributed by atoms with Gasteiger partial charge in [-0.3, -0.25) is 23.3 Å². The number of hydrogen-bond donors (Lipinski definition) is 2. The van der Waals surface area contributed by atoms with Gasteiger partial charge in [0.2, 0.25) is 5.95 Å². The highest BCUT2D eigenvalue weighted by molar-refractivity contribution is 7.85. The minimum absolute atomic E-state index is 0.0179. The summed E-state index contributed by atoms with van der Waals surface area (Å²) in [6.07, 6.45) is 4.63. The first-order valence-electron chi connectivity index (χ1n) is 13.6. The predicted molar refractivity (Wildman–Crippen MR) is 161 cm³/mol. The SMILES string of the molecule is CC(C)S(=O)c1ccncc1Cn1c(=O)c(C(=O)N(C)C)cc2cnc(Nc3ccc(N4CCNCC4)c(F)c3)nc21. The maximum Gasteiger partial charge on any atom is 0.265 e. The molecule has 13 heteroatoms. The van der Waals surface area contributed by atoms with E-state index in [1.54, 1.807) is 44.7 Å². The number of pyridine rings is 2. The molecule has 0 radical (unpaired) electrons. The highest BCUT2D eigenvalue weighted by Gasteiger charge is 2.21. The standard InChI is InChI=1S/C29H33FN8O3S/c1-18(2)42(41)25-7-8-32-15-20(25)17-38-26-19(13-22(28(38)40)27(39)36(3)4)16-33-29(35-26)34-21-5-6-24(23(30)14-21)37-11-9-31-10-12-37/h5-8,13-16,18,31H,9-12,17H2,1-4H3,(H,33,34,35). The summed E-state index contributed by atoms with van der Waals surface area (Å²) in [5.74, 6) is -0.683. The summed E-state index contributed by atoms with van der Waals surface area (Å²) in [6, 6.07) is 8.01. The minimum atomic E-state index is -1.34. The van der Waals surface area contributed by atoms with Crippen LogP contribution in [0.2, 0.25) is 0 Å². The van der Waals surface area contributed by atoms with Crippen LogP contribution in [0.3, 0.4) is 0 Å². The summed E-state index contributed by atoms with van der Waals surface area (Å²) < 4.78 is 29.4. The number of halogens is 1. The monoisotopic (exact) mass is 592 g/mol. The Kier molecular flexibility index (Phi) is 8.59. The zero-order valence-electron chi connectivity index (χ0n) is 23.9. The van der Waals surface area contributed by atoms with Crippen LogP contribution in [0.1, 0.15) is 29.8 Å². The third-order valence-electron chi connectivity index (χ3n) is 6.96. The molecule has 1 aromatic carbocycles. The number of benzene rings is 1. The second-order valence-corrected chi connectivity index (χ2v) is 12.5. The second-order valence-electron chi connectivity index (χ2n) is 10.5. The van der Waals surface area contributed by atoms with Gasteiger partial charge in [0, 0.05) is 85.6 Å². The Morgan fingerprint density at radius 3 is 2.62 bits per heavy atom. The van der Waals surface area contributed by atoms with Crippen molar-refractivity contribution in [1.82, 2.24) is 29.7 Å². The van der Waals surface area contributed by atoms with Crippen LogP contribution in [0, 0.1) is 5.82 Å². The summed E-state index contributed by atoms with van der Waals surface area (Å²) in [5, 5.41) is 6.60. The first-order chi connectivity index (χ1) is 20.1. The summed E-state index contributed by atoms with van der Waals surface area (Å²) >= 11 is 0. The van der Waals surface area contributed by atoms with E-state index < -0.39 is 22.3 Å². The van der Waals surface area contributed by atoms with E-state index >= 15 is 4.39 Å². The number of anilines is 3. The van der Waals surface area contributed by atoms with Gasteiger partial charge in [0.15, 0.2) is 0 Å². The lowest BCUT2D eigenvalue weighted by Crippen LogP contribution is -2.43. The Labute approximate surface area is 245 Å². The molecule has 220 valence electrons. The van der Waals surface area contributed by atoms with E-state index in [-0.39, 0.29) is 34.8 Å². The lowest BCUT2D eigenvalue weighted by Gasteiger charge is -2.29. The number of nitrogens with one attached hydrogen (secondary N) is 2. The number of piperazine rings is 1. The topological polar surface area (TPSA) is 125 Å². The number of fused-ring (bicyclic) bond motifs is 1. The van der Waals surface area contributed by atoms with E-state index in [0.29, 0.717) is 27.2 Å². The van der Waals surface area contributed by atoms with Gasteiger partial charge in [-0.15, -0.1) is 0 Å². The van der Waals surface area contributed by atoms with E-state index in [0.717, 1.165) is 26.2 Å². The molecule has 5 rings (SSSR count). The third-order valence-corrected chi connectivity index (χ3v) is 8.65. The molecule has 1 amide bonds. The predicted octanol–water partition coefficient (Wildman–Crippen LogP) is 2.74. The average Bonchev–Trinajstić information content (AvgIpc) is 2.98. The van der Waals surface area contributed by atoms with Crippen LogP contribution >= 0.6 is 0 Å². The lowest BCUT2D eigenvalue weighted by atomic mass is 10.2. The molecule has 0 spiro atoms. The number of aromatic nitrogens is 4. The van der Waals surface area contributed by atoms with Crippen LogP contribution in [0.25, 0.3) is 11.0 Å². The molecule has 4 heterocycles. The summed E-state index contributed by atoms with van der Waals surface area (Å²) in [6.45, 7) is 6.71. The molecule has 1 aliphatic heterocycles. The Morgan fingerprint density at radius 2 is 1.93 bits per heavy atom.